The number of benzene rings is 1. The largest absolute Gasteiger partial charge is 0.598 e. The monoisotopic (exact) mass is 422 g/mol. The summed E-state index contributed by atoms with van der Waals surface area (Å²) >= 11 is 0. The summed E-state index contributed by atoms with van der Waals surface area (Å²) in [7, 11) is -1.29. The molecule has 3 heterocycles. The van der Waals surface area contributed by atoms with Crippen molar-refractivity contribution in [3.05, 3.63) is 29.8 Å². The first-order valence-electron chi connectivity index (χ1n) is 10.2. The molecule has 1 atom stereocenters. The minimum atomic E-state index is -3.36. The van der Waals surface area contributed by atoms with Gasteiger partial charge in [-0.1, -0.05) is 22.4 Å². The number of likely N-dealkylation sites (tertiary alicyclic amines) is 1. The molecule has 1 aromatic carbocycles. The average molecular weight is 423 g/mol. The van der Waals surface area contributed by atoms with E-state index in [-0.39, 0.29) is 6.03 Å². The average Bonchev–Trinajstić information content (AvgIpc) is 2.85. The molecule has 29 heavy (non-hydrogen) atoms. The number of hydrogen-bond donors (Lipinski definition) is 0. The van der Waals surface area contributed by atoms with Crippen molar-refractivity contribution in [2.45, 2.75) is 25.0 Å². The van der Waals surface area contributed by atoms with Gasteiger partial charge >= 0.3 is 6.03 Å². The van der Waals surface area contributed by atoms with Gasteiger partial charge < -0.3 is 24.0 Å². The number of sulfonamides is 1. The fraction of sp³-hybridized carbons (Fsp3) is 0.650. The maximum atomic E-state index is 12.9. The number of likely N-dealkylation sites (N-methyl/N-ethyl adjacent to an activating group) is 1. The predicted molar refractivity (Wildman–Crippen MR) is 110 cm³/mol. The number of hydrogen-bond acceptors (Lipinski definition) is 5. The Morgan fingerprint density at radius 2 is 1.69 bits per heavy atom. The van der Waals surface area contributed by atoms with Gasteiger partial charge in [0.25, 0.3) is 0 Å². The zero-order valence-electron chi connectivity index (χ0n) is 17.2. The van der Waals surface area contributed by atoms with Crippen LogP contribution in [0.25, 0.3) is 0 Å². The summed E-state index contributed by atoms with van der Waals surface area (Å²) in [6.45, 7) is 5.08. The smallest absolute Gasteiger partial charge is 0.320 e. The van der Waals surface area contributed by atoms with E-state index in [1.807, 2.05) is 34.1 Å². The number of rotatable bonds is 1. The third kappa shape index (κ3) is 4.42. The minimum Gasteiger partial charge on any atom is -0.598 e. The third-order valence-electron chi connectivity index (χ3n) is 6.30. The third-order valence-corrected chi connectivity index (χ3v) is 7.49. The van der Waals surface area contributed by atoms with Gasteiger partial charge in [-0.2, -0.15) is 0 Å². The summed E-state index contributed by atoms with van der Waals surface area (Å²) in [6, 6.07) is 7.72. The van der Waals surface area contributed by atoms with E-state index < -0.39 is 16.0 Å². The van der Waals surface area contributed by atoms with E-state index in [0.717, 1.165) is 37.5 Å². The quantitative estimate of drug-likeness (QED) is 0.637. The molecule has 1 spiro atoms. The van der Waals surface area contributed by atoms with E-state index in [4.69, 9.17) is 4.74 Å². The number of urea groups is 1. The van der Waals surface area contributed by atoms with Gasteiger partial charge in [-0.3, -0.25) is 0 Å². The lowest BCUT2D eigenvalue weighted by Gasteiger charge is -2.44. The molecule has 160 valence electrons. The molecule has 0 aromatic heterocycles. The van der Waals surface area contributed by atoms with Crippen molar-refractivity contribution in [3.8, 4) is 5.75 Å². The number of carbonyl (C=O) groups is 1. The molecule has 1 aromatic rings. The molecular weight excluding hydrogens is 392 g/mol. The Kier molecular flexibility index (Phi) is 5.58. The first-order valence-corrected chi connectivity index (χ1v) is 12.1. The maximum absolute atomic E-state index is 12.9. The Bertz CT molecular complexity index is 797. The number of para-hydroxylation sites is 1. The van der Waals surface area contributed by atoms with Gasteiger partial charge in [0.05, 0.1) is 13.1 Å². The fourth-order valence-electron chi connectivity index (χ4n) is 4.36. The van der Waals surface area contributed by atoms with Crippen LogP contribution in [0.4, 0.5) is 4.79 Å². The number of piperazine rings is 1. The molecule has 3 aliphatic rings. The summed E-state index contributed by atoms with van der Waals surface area (Å²) in [5.41, 5.74) is 0.278. The summed E-state index contributed by atoms with van der Waals surface area (Å²) in [5.74, 6) is 0.748. The van der Waals surface area contributed by atoms with Crippen molar-refractivity contribution >= 4 is 16.4 Å². The zero-order chi connectivity index (χ0) is 20.6. The molecular formula is C20H30N4O4S. The van der Waals surface area contributed by atoms with Crippen LogP contribution in [-0.4, -0.2) is 94.3 Å². The van der Waals surface area contributed by atoms with Gasteiger partial charge in [0.2, 0.25) is 0 Å². The van der Waals surface area contributed by atoms with Crippen molar-refractivity contribution in [2.75, 3.05) is 59.1 Å². The number of carbonyl (C=O) groups excluding carboxylic acids is 1. The van der Waals surface area contributed by atoms with Crippen LogP contribution >= 0.6 is 0 Å². The van der Waals surface area contributed by atoms with Gasteiger partial charge in [0.15, 0.2) is 0 Å². The Morgan fingerprint density at radius 3 is 2.34 bits per heavy atom. The lowest BCUT2D eigenvalue weighted by atomic mass is 9.91. The van der Waals surface area contributed by atoms with Crippen LogP contribution in [0.2, 0.25) is 0 Å². The van der Waals surface area contributed by atoms with E-state index in [2.05, 4.69) is 11.9 Å². The number of fused-ring (bicyclic) bond motifs is 1. The molecule has 0 saturated carbocycles. The molecule has 1 unspecified atom stereocenters. The molecule has 9 heteroatoms. The van der Waals surface area contributed by atoms with Crippen LogP contribution in [0.15, 0.2) is 24.3 Å². The first kappa shape index (κ1) is 20.6. The molecule has 0 aliphatic carbocycles. The Labute approximate surface area is 173 Å². The van der Waals surface area contributed by atoms with Crippen molar-refractivity contribution < 1.29 is 18.3 Å². The highest BCUT2D eigenvalue weighted by Gasteiger charge is 2.45. The van der Waals surface area contributed by atoms with Gasteiger partial charge in [-0.15, -0.1) is 4.31 Å². The van der Waals surface area contributed by atoms with Gasteiger partial charge in [0.1, 0.15) is 28.0 Å². The molecule has 2 saturated heterocycles. The molecule has 0 radical (unpaired) electrons. The summed E-state index contributed by atoms with van der Waals surface area (Å²) in [4.78, 5) is 18.9. The van der Waals surface area contributed by atoms with Gasteiger partial charge in [-0.25, -0.2) is 4.79 Å². The van der Waals surface area contributed by atoms with Crippen molar-refractivity contribution in [1.82, 2.24) is 19.0 Å². The predicted octanol–water partition coefficient (Wildman–Crippen LogP) is 1.26. The van der Waals surface area contributed by atoms with E-state index in [0.29, 0.717) is 39.0 Å². The number of ether oxygens (including phenoxy) is 1. The van der Waals surface area contributed by atoms with E-state index in [1.54, 1.807) is 0 Å². The normalized spacial score (nSPS) is 25.1. The number of nitrogens with zero attached hydrogens (tertiary/aromatic N) is 4. The van der Waals surface area contributed by atoms with E-state index >= 15 is 0 Å². The summed E-state index contributed by atoms with van der Waals surface area (Å²) < 4.78 is 32.7. The van der Waals surface area contributed by atoms with Crippen LogP contribution in [0.5, 0.6) is 5.75 Å². The summed E-state index contributed by atoms with van der Waals surface area (Å²) in [5, 5.41) is 0. The second-order valence-corrected chi connectivity index (χ2v) is 10.5. The summed E-state index contributed by atoms with van der Waals surface area (Å²) in [6.07, 6.45) is 2.49. The van der Waals surface area contributed by atoms with Crippen LogP contribution in [-0.2, 0) is 21.2 Å². The second-order valence-electron chi connectivity index (χ2n) is 8.48. The van der Waals surface area contributed by atoms with Gasteiger partial charge in [-0.05, 0) is 13.1 Å². The molecule has 0 bridgehead atoms. The topological polar surface area (TPSA) is 79.4 Å². The Hall–Kier alpha value is -1.68. The highest BCUT2D eigenvalue weighted by atomic mass is 32.3. The standard InChI is InChI=1S/C20H30N4O4S/c1-21-11-13-23(14-12-21)19(25)22-9-7-20(8-10-22)16-24(29(2,26)27)15-17-5-3-4-6-18(17)28-20/h3-6H,7-16H2,1-2H3. The molecule has 0 N–H and O–H groups in total. The molecule has 4 rings (SSSR count). The zero-order valence-corrected chi connectivity index (χ0v) is 18.0. The SMILES string of the molecule is CN1CCN(C(=O)N2CCC3(CC2)CN([S+](C)(=O)[O-])Cc2ccccc2O3)CC1. The second kappa shape index (κ2) is 7.86. The molecule has 3 aliphatic heterocycles. The molecule has 2 amide bonds. The van der Waals surface area contributed by atoms with Crippen LogP contribution in [0, 0.1) is 0 Å². The fourth-order valence-corrected chi connectivity index (χ4v) is 5.21. The van der Waals surface area contributed by atoms with Crippen LogP contribution in [0.3, 0.4) is 0 Å². The number of piperidine rings is 1. The molecule has 8 nitrogen and oxygen atoms in total. The number of amides is 2. The Morgan fingerprint density at radius 1 is 1.07 bits per heavy atom. The highest BCUT2D eigenvalue weighted by molar-refractivity contribution is 7.94. The first-order chi connectivity index (χ1) is 13.8. The highest BCUT2D eigenvalue weighted by Crippen LogP contribution is 2.37. The van der Waals surface area contributed by atoms with Crippen molar-refractivity contribution in [2.24, 2.45) is 0 Å². The van der Waals surface area contributed by atoms with Crippen LogP contribution < -0.4 is 4.74 Å². The van der Waals surface area contributed by atoms with Crippen LogP contribution in [0.1, 0.15) is 18.4 Å². The molecule has 2 fully saturated rings. The minimum absolute atomic E-state index is 0.0851. The van der Waals surface area contributed by atoms with Crippen molar-refractivity contribution in [1.29, 1.82) is 0 Å². The van der Waals surface area contributed by atoms with Crippen molar-refractivity contribution in [3.63, 3.8) is 0 Å². The Balaban J connectivity index is 1.48. The lowest BCUT2D eigenvalue weighted by Crippen LogP contribution is -2.58. The van der Waals surface area contributed by atoms with E-state index in [1.165, 1.54) is 10.6 Å². The lowest BCUT2D eigenvalue weighted by molar-refractivity contribution is -0.00210. The van der Waals surface area contributed by atoms with E-state index in [9.17, 15) is 13.6 Å². The maximum Gasteiger partial charge on any atom is 0.320 e. The van der Waals surface area contributed by atoms with Gasteiger partial charge in [0, 0.05) is 57.7 Å².